The lowest BCUT2D eigenvalue weighted by Crippen LogP contribution is -2.12. The van der Waals surface area contributed by atoms with E-state index >= 15 is 0 Å². The Morgan fingerprint density at radius 1 is 1.00 bits per heavy atom. The van der Waals surface area contributed by atoms with E-state index in [1.807, 2.05) is 0 Å². The number of amides is 1. The van der Waals surface area contributed by atoms with Gasteiger partial charge >= 0.3 is 0 Å². The van der Waals surface area contributed by atoms with Gasteiger partial charge in [-0.2, -0.15) is 4.37 Å². The molecule has 8 heteroatoms. The standard InChI is InChI=1S/C17H10FN5OS/c18-11-3-1-10(2-4-11)13-9-14(25-23-13)17(24)22-16-15-12(5-6-21-16)19-7-8-20-15/h1-9H,(H,21,22,24). The summed E-state index contributed by atoms with van der Waals surface area (Å²) in [6.07, 6.45) is 4.67. The predicted octanol–water partition coefficient (Wildman–Crippen LogP) is 3.54. The van der Waals surface area contributed by atoms with Crippen molar-refractivity contribution in [1.29, 1.82) is 0 Å². The fourth-order valence-corrected chi connectivity index (χ4v) is 2.95. The Labute approximate surface area is 145 Å². The molecule has 1 N–H and O–H groups in total. The van der Waals surface area contributed by atoms with Gasteiger partial charge in [-0.25, -0.2) is 14.4 Å². The summed E-state index contributed by atoms with van der Waals surface area (Å²) >= 11 is 1.06. The predicted molar refractivity (Wildman–Crippen MR) is 92.8 cm³/mol. The van der Waals surface area contributed by atoms with Crippen LogP contribution in [0.3, 0.4) is 0 Å². The summed E-state index contributed by atoms with van der Waals surface area (Å²) < 4.78 is 17.3. The van der Waals surface area contributed by atoms with E-state index < -0.39 is 0 Å². The lowest BCUT2D eigenvalue weighted by atomic mass is 10.1. The normalized spacial score (nSPS) is 10.8. The van der Waals surface area contributed by atoms with Crippen LogP contribution >= 0.6 is 11.5 Å². The summed E-state index contributed by atoms with van der Waals surface area (Å²) in [5, 5.41) is 2.73. The highest BCUT2D eigenvalue weighted by atomic mass is 32.1. The van der Waals surface area contributed by atoms with Crippen LogP contribution in [0.25, 0.3) is 22.3 Å². The van der Waals surface area contributed by atoms with Gasteiger partial charge in [0.15, 0.2) is 5.82 Å². The number of carbonyl (C=O) groups excluding carboxylic acids is 1. The van der Waals surface area contributed by atoms with Gasteiger partial charge in [-0.1, -0.05) is 0 Å². The van der Waals surface area contributed by atoms with Crippen molar-refractivity contribution in [3.05, 3.63) is 65.7 Å². The molecule has 0 aliphatic rings. The molecule has 1 amide bonds. The number of carbonyl (C=O) groups is 1. The maximum atomic E-state index is 13.0. The molecule has 4 rings (SSSR count). The number of nitrogens with one attached hydrogen (secondary N) is 1. The first-order chi connectivity index (χ1) is 12.2. The topological polar surface area (TPSA) is 80.7 Å². The van der Waals surface area contributed by atoms with Crippen LogP contribution in [-0.4, -0.2) is 25.2 Å². The fraction of sp³-hybridized carbons (Fsp3) is 0. The second kappa shape index (κ2) is 6.33. The molecular weight excluding hydrogens is 341 g/mol. The van der Waals surface area contributed by atoms with E-state index in [1.165, 1.54) is 12.1 Å². The zero-order chi connectivity index (χ0) is 17.2. The van der Waals surface area contributed by atoms with E-state index in [9.17, 15) is 9.18 Å². The highest BCUT2D eigenvalue weighted by Crippen LogP contribution is 2.23. The number of nitrogens with zero attached hydrogens (tertiary/aromatic N) is 4. The van der Waals surface area contributed by atoms with Crippen molar-refractivity contribution in [2.75, 3.05) is 5.32 Å². The van der Waals surface area contributed by atoms with E-state index in [-0.39, 0.29) is 11.7 Å². The number of aromatic nitrogens is 4. The fourth-order valence-electron chi connectivity index (χ4n) is 2.30. The van der Waals surface area contributed by atoms with Crippen molar-refractivity contribution in [3.8, 4) is 11.3 Å². The Hall–Kier alpha value is -3.26. The molecule has 3 heterocycles. The van der Waals surface area contributed by atoms with Crippen LogP contribution in [0.5, 0.6) is 0 Å². The summed E-state index contributed by atoms with van der Waals surface area (Å²) in [6.45, 7) is 0. The number of fused-ring (bicyclic) bond motifs is 1. The van der Waals surface area contributed by atoms with Gasteiger partial charge in [0.05, 0.1) is 11.2 Å². The number of benzene rings is 1. The van der Waals surface area contributed by atoms with Gasteiger partial charge in [0, 0.05) is 24.2 Å². The molecule has 3 aromatic heterocycles. The van der Waals surface area contributed by atoms with Gasteiger partial charge in [-0.05, 0) is 47.9 Å². The highest BCUT2D eigenvalue weighted by molar-refractivity contribution is 7.08. The van der Waals surface area contributed by atoms with E-state index in [1.54, 1.807) is 42.9 Å². The Kier molecular flexibility index (Phi) is 3.87. The Morgan fingerprint density at radius 3 is 2.64 bits per heavy atom. The molecular formula is C17H10FN5OS. The number of anilines is 1. The monoisotopic (exact) mass is 351 g/mol. The minimum absolute atomic E-state index is 0.319. The molecule has 1 aromatic carbocycles. The number of rotatable bonds is 3. The number of hydrogen-bond donors (Lipinski definition) is 1. The molecule has 0 spiro atoms. The summed E-state index contributed by atoms with van der Waals surface area (Å²) in [6, 6.07) is 9.32. The average molecular weight is 351 g/mol. The van der Waals surface area contributed by atoms with Crippen LogP contribution in [0.2, 0.25) is 0 Å². The third-order valence-corrected chi connectivity index (χ3v) is 4.28. The number of halogens is 1. The Bertz CT molecular complexity index is 1060. The average Bonchev–Trinajstić information content (AvgIpc) is 3.13. The summed E-state index contributed by atoms with van der Waals surface area (Å²) in [5.74, 6) is -0.316. The summed E-state index contributed by atoms with van der Waals surface area (Å²) in [4.78, 5) is 25.4. The van der Waals surface area contributed by atoms with Gasteiger partial charge < -0.3 is 5.32 Å². The highest BCUT2D eigenvalue weighted by Gasteiger charge is 2.14. The third-order valence-electron chi connectivity index (χ3n) is 3.49. The van der Waals surface area contributed by atoms with Gasteiger partial charge in [-0.15, -0.1) is 0 Å². The van der Waals surface area contributed by atoms with Crippen LogP contribution in [0.15, 0.2) is 55.0 Å². The molecule has 0 bridgehead atoms. The first kappa shape index (κ1) is 15.3. The molecule has 122 valence electrons. The quantitative estimate of drug-likeness (QED) is 0.611. The van der Waals surface area contributed by atoms with Crippen molar-refractivity contribution in [2.45, 2.75) is 0 Å². The molecule has 0 unspecified atom stereocenters. The van der Waals surface area contributed by atoms with Gasteiger partial charge in [0.2, 0.25) is 0 Å². The second-order valence-corrected chi connectivity index (χ2v) is 5.93. The zero-order valence-electron chi connectivity index (χ0n) is 12.7. The second-order valence-electron chi connectivity index (χ2n) is 5.12. The number of pyridine rings is 1. The van der Waals surface area contributed by atoms with Crippen LogP contribution < -0.4 is 5.32 Å². The molecule has 0 aliphatic heterocycles. The lowest BCUT2D eigenvalue weighted by Gasteiger charge is -2.04. The third kappa shape index (κ3) is 3.07. The minimum Gasteiger partial charge on any atom is -0.304 e. The minimum atomic E-state index is -0.337. The smallest absolute Gasteiger partial charge is 0.268 e. The van der Waals surface area contributed by atoms with Crippen molar-refractivity contribution in [3.63, 3.8) is 0 Å². The van der Waals surface area contributed by atoms with Crippen LogP contribution in [0.1, 0.15) is 9.67 Å². The first-order valence-corrected chi connectivity index (χ1v) is 8.08. The Balaban J connectivity index is 1.60. The van der Waals surface area contributed by atoms with Crippen molar-refractivity contribution in [2.24, 2.45) is 0 Å². The van der Waals surface area contributed by atoms with Crippen molar-refractivity contribution < 1.29 is 9.18 Å². The van der Waals surface area contributed by atoms with E-state index in [4.69, 9.17) is 0 Å². The first-order valence-electron chi connectivity index (χ1n) is 7.30. The maximum absolute atomic E-state index is 13.0. The molecule has 0 atom stereocenters. The zero-order valence-corrected chi connectivity index (χ0v) is 13.5. The van der Waals surface area contributed by atoms with E-state index in [2.05, 4.69) is 24.6 Å². The molecule has 25 heavy (non-hydrogen) atoms. The van der Waals surface area contributed by atoms with Crippen molar-refractivity contribution in [1.82, 2.24) is 19.3 Å². The molecule has 0 radical (unpaired) electrons. The van der Waals surface area contributed by atoms with Crippen LogP contribution in [0.4, 0.5) is 10.2 Å². The van der Waals surface area contributed by atoms with Gasteiger partial charge in [0.1, 0.15) is 16.2 Å². The van der Waals surface area contributed by atoms with Gasteiger partial charge in [-0.3, -0.25) is 9.78 Å². The lowest BCUT2D eigenvalue weighted by molar-refractivity contribution is 0.103. The van der Waals surface area contributed by atoms with Crippen LogP contribution in [-0.2, 0) is 0 Å². The Morgan fingerprint density at radius 2 is 1.80 bits per heavy atom. The summed E-state index contributed by atoms with van der Waals surface area (Å²) in [7, 11) is 0. The maximum Gasteiger partial charge on any atom is 0.268 e. The molecule has 6 nitrogen and oxygen atoms in total. The molecule has 4 aromatic rings. The molecule has 0 saturated heterocycles. The molecule has 0 saturated carbocycles. The largest absolute Gasteiger partial charge is 0.304 e. The number of hydrogen-bond acceptors (Lipinski definition) is 6. The SMILES string of the molecule is O=C(Nc1nccc2nccnc12)c1cc(-c2ccc(F)cc2)ns1. The molecule has 0 fully saturated rings. The summed E-state index contributed by atoms with van der Waals surface area (Å²) in [5.41, 5.74) is 2.51. The molecule has 0 aliphatic carbocycles. The van der Waals surface area contributed by atoms with Gasteiger partial charge in [0.25, 0.3) is 5.91 Å². The van der Waals surface area contributed by atoms with E-state index in [0.29, 0.717) is 27.4 Å². The van der Waals surface area contributed by atoms with E-state index in [0.717, 1.165) is 17.1 Å². The van der Waals surface area contributed by atoms with Crippen molar-refractivity contribution >= 4 is 34.3 Å². The van der Waals surface area contributed by atoms with Crippen LogP contribution in [0, 0.1) is 5.82 Å².